The summed E-state index contributed by atoms with van der Waals surface area (Å²) in [6.07, 6.45) is -3.60. The highest BCUT2D eigenvalue weighted by atomic mass is 16.6. The van der Waals surface area contributed by atoms with Crippen LogP contribution in [0.1, 0.15) is 74.7 Å². The van der Waals surface area contributed by atoms with Gasteiger partial charge in [-0.05, 0) is 38.3 Å². The average molecular weight is 579 g/mol. The summed E-state index contributed by atoms with van der Waals surface area (Å²) in [5.41, 5.74) is -2.52. The molecular formula is C30H42O11. The molecule has 1 N–H and O–H groups in total. The van der Waals surface area contributed by atoms with E-state index in [2.05, 4.69) is 6.58 Å². The van der Waals surface area contributed by atoms with Crippen molar-refractivity contribution in [3.8, 4) is 0 Å². The second-order valence-electron chi connectivity index (χ2n) is 12.0. The van der Waals surface area contributed by atoms with Crippen molar-refractivity contribution in [3.63, 3.8) is 0 Å². The van der Waals surface area contributed by atoms with Crippen molar-refractivity contribution >= 4 is 29.8 Å². The highest BCUT2D eigenvalue weighted by Gasteiger charge is 2.68. The molecule has 11 nitrogen and oxygen atoms in total. The van der Waals surface area contributed by atoms with Crippen LogP contribution >= 0.6 is 0 Å². The number of carbonyl (C=O) groups is 5. The molecule has 9 atom stereocenters. The van der Waals surface area contributed by atoms with Gasteiger partial charge in [0.05, 0.1) is 17.3 Å². The Morgan fingerprint density at radius 2 is 1.61 bits per heavy atom. The first kappa shape index (κ1) is 32.3. The molecule has 1 saturated heterocycles. The minimum absolute atomic E-state index is 0.0557. The molecule has 3 aliphatic rings. The highest BCUT2D eigenvalue weighted by molar-refractivity contribution is 5.78. The van der Waals surface area contributed by atoms with E-state index in [-0.39, 0.29) is 6.42 Å². The topological polar surface area (TPSA) is 152 Å². The molecular weight excluding hydrogens is 536 g/mol. The van der Waals surface area contributed by atoms with Crippen molar-refractivity contribution in [2.24, 2.45) is 23.2 Å². The van der Waals surface area contributed by atoms with Gasteiger partial charge in [0.2, 0.25) is 0 Å². The zero-order chi connectivity index (χ0) is 31.0. The van der Waals surface area contributed by atoms with Crippen LogP contribution < -0.4 is 0 Å². The van der Waals surface area contributed by atoms with Gasteiger partial charge >= 0.3 is 29.8 Å². The normalized spacial score (nSPS) is 38.4. The first-order valence-electron chi connectivity index (χ1n) is 13.9. The average Bonchev–Trinajstić information content (AvgIpc) is 3.06. The van der Waals surface area contributed by atoms with Gasteiger partial charge in [-0.25, -0.2) is 0 Å². The standard InChI is InChI=1S/C30H42O11/c1-14(2)27(34)40-23-13-21(37-18(6)31)16(4)12-24-30(36,17(5)28(35)41-24)26(39-20(8)33)25-15(3)10-11-22(29(23,25)9)38-19(7)32/h12,14,17,21-26,36H,3,10-11,13H2,1-2,4-9H3/b16-12-/t17-,21?,22-,23-,24-,25+,26?,29+,30-/m0/s1. The Morgan fingerprint density at radius 1 is 1.02 bits per heavy atom. The van der Waals surface area contributed by atoms with Crippen molar-refractivity contribution in [1.29, 1.82) is 0 Å². The predicted molar refractivity (Wildman–Crippen MR) is 144 cm³/mol. The maximum absolute atomic E-state index is 13.1. The smallest absolute Gasteiger partial charge is 0.312 e. The Labute approximate surface area is 240 Å². The molecule has 0 aromatic carbocycles. The zero-order valence-corrected chi connectivity index (χ0v) is 25.1. The Balaban J connectivity index is 2.42. The Morgan fingerprint density at radius 3 is 2.15 bits per heavy atom. The van der Waals surface area contributed by atoms with Crippen LogP contribution in [0.15, 0.2) is 23.8 Å². The molecule has 0 aromatic heterocycles. The molecule has 1 aliphatic heterocycles. The third-order valence-corrected chi connectivity index (χ3v) is 8.72. The van der Waals surface area contributed by atoms with Crippen LogP contribution in [0.25, 0.3) is 0 Å². The third kappa shape index (κ3) is 6.05. The van der Waals surface area contributed by atoms with E-state index in [9.17, 15) is 29.1 Å². The Bertz CT molecular complexity index is 1140. The highest BCUT2D eigenvalue weighted by Crippen LogP contribution is 2.56. The van der Waals surface area contributed by atoms with Crippen molar-refractivity contribution in [2.75, 3.05) is 0 Å². The molecule has 2 aliphatic carbocycles. The fraction of sp³-hybridized carbons (Fsp3) is 0.700. The zero-order valence-electron chi connectivity index (χ0n) is 25.1. The Kier molecular flexibility index (Phi) is 9.42. The lowest BCUT2D eigenvalue weighted by atomic mass is 9.54. The van der Waals surface area contributed by atoms with Crippen LogP contribution in [-0.4, -0.2) is 71.1 Å². The van der Waals surface area contributed by atoms with Crippen molar-refractivity contribution in [3.05, 3.63) is 23.8 Å². The number of esters is 5. The van der Waals surface area contributed by atoms with Crippen LogP contribution in [-0.2, 0) is 47.7 Å². The van der Waals surface area contributed by atoms with Gasteiger partial charge in [-0.3, -0.25) is 24.0 Å². The Hall–Kier alpha value is -3.21. The van der Waals surface area contributed by atoms with Gasteiger partial charge in [0.25, 0.3) is 0 Å². The first-order valence-corrected chi connectivity index (χ1v) is 13.9. The van der Waals surface area contributed by atoms with Gasteiger partial charge in [0, 0.05) is 33.1 Å². The van der Waals surface area contributed by atoms with Gasteiger partial charge in [0.1, 0.15) is 24.4 Å². The molecule has 0 spiro atoms. The summed E-state index contributed by atoms with van der Waals surface area (Å²) < 4.78 is 29.1. The van der Waals surface area contributed by atoms with Gasteiger partial charge in [-0.15, -0.1) is 0 Å². The van der Waals surface area contributed by atoms with E-state index in [0.29, 0.717) is 24.0 Å². The second kappa shape index (κ2) is 12.0. The molecule has 1 saturated carbocycles. The molecule has 11 heteroatoms. The van der Waals surface area contributed by atoms with Crippen molar-refractivity contribution in [2.45, 2.75) is 111 Å². The minimum atomic E-state index is -2.11. The lowest BCUT2D eigenvalue weighted by molar-refractivity contribution is -0.223. The lowest BCUT2D eigenvalue weighted by Gasteiger charge is -2.55. The van der Waals surface area contributed by atoms with E-state index >= 15 is 0 Å². The maximum Gasteiger partial charge on any atom is 0.312 e. The van der Waals surface area contributed by atoms with E-state index < -0.39 is 89.1 Å². The summed E-state index contributed by atoms with van der Waals surface area (Å²) in [5.74, 6) is -5.87. The second-order valence-corrected chi connectivity index (χ2v) is 12.0. The molecule has 0 bridgehead atoms. The summed E-state index contributed by atoms with van der Waals surface area (Å²) in [5, 5.41) is 12.4. The van der Waals surface area contributed by atoms with Crippen LogP contribution in [0.2, 0.25) is 0 Å². The number of hydrogen-bond donors (Lipinski definition) is 1. The fourth-order valence-electron chi connectivity index (χ4n) is 6.47. The molecule has 3 rings (SSSR count). The molecule has 41 heavy (non-hydrogen) atoms. The number of aliphatic hydroxyl groups is 1. The van der Waals surface area contributed by atoms with Crippen molar-refractivity contribution in [1.82, 2.24) is 0 Å². The fourth-order valence-corrected chi connectivity index (χ4v) is 6.47. The van der Waals surface area contributed by atoms with Crippen LogP contribution in [0.5, 0.6) is 0 Å². The van der Waals surface area contributed by atoms with Crippen LogP contribution in [0.3, 0.4) is 0 Å². The molecule has 1 heterocycles. The molecule has 0 amide bonds. The van der Waals surface area contributed by atoms with Crippen LogP contribution in [0, 0.1) is 23.2 Å². The third-order valence-electron chi connectivity index (χ3n) is 8.72. The minimum Gasteiger partial charge on any atom is -0.462 e. The molecule has 228 valence electrons. The summed E-state index contributed by atoms with van der Waals surface area (Å²) in [6, 6.07) is 0. The van der Waals surface area contributed by atoms with Gasteiger partial charge in [0.15, 0.2) is 11.7 Å². The summed E-state index contributed by atoms with van der Waals surface area (Å²) >= 11 is 0. The lowest BCUT2D eigenvalue weighted by Crippen LogP contribution is -2.66. The van der Waals surface area contributed by atoms with Crippen LogP contribution in [0.4, 0.5) is 0 Å². The molecule has 0 aromatic rings. The molecule has 2 unspecified atom stereocenters. The van der Waals surface area contributed by atoms with Gasteiger partial charge in [-0.1, -0.05) is 32.9 Å². The van der Waals surface area contributed by atoms with E-state index in [1.165, 1.54) is 33.8 Å². The van der Waals surface area contributed by atoms with E-state index in [0.717, 1.165) is 0 Å². The van der Waals surface area contributed by atoms with E-state index in [1.807, 2.05) is 0 Å². The van der Waals surface area contributed by atoms with Gasteiger partial charge < -0.3 is 28.8 Å². The van der Waals surface area contributed by atoms with E-state index in [1.54, 1.807) is 27.7 Å². The SMILES string of the molecule is C=C1CC[C@H](OC(C)=O)[C@]2(C)[C@@H](OC(=O)C(C)C)CC(OC(C)=O)/C(C)=C\[C@@H]3OC(=O)[C@H](C)[C@@]3(O)C(OC(C)=O)[C@@H]12. The van der Waals surface area contributed by atoms with Crippen molar-refractivity contribution < 1.29 is 52.8 Å². The number of fused-ring (bicyclic) bond motifs is 2. The van der Waals surface area contributed by atoms with E-state index in [4.69, 9.17) is 23.7 Å². The molecule has 0 radical (unpaired) electrons. The predicted octanol–water partition coefficient (Wildman–Crippen LogP) is 2.96. The quantitative estimate of drug-likeness (QED) is 0.291. The largest absolute Gasteiger partial charge is 0.462 e. The molecule has 2 fully saturated rings. The number of ether oxygens (including phenoxy) is 5. The van der Waals surface area contributed by atoms with Gasteiger partial charge in [-0.2, -0.15) is 0 Å². The maximum atomic E-state index is 13.1. The monoisotopic (exact) mass is 578 g/mol. The summed E-state index contributed by atoms with van der Waals surface area (Å²) in [4.78, 5) is 63.2. The number of hydrogen-bond acceptors (Lipinski definition) is 11. The summed E-state index contributed by atoms with van der Waals surface area (Å²) in [6.45, 7) is 16.1. The number of carbonyl (C=O) groups excluding carboxylic acids is 5. The number of rotatable bonds is 5. The summed E-state index contributed by atoms with van der Waals surface area (Å²) in [7, 11) is 0. The first-order chi connectivity index (χ1) is 18.9.